The second-order valence-electron chi connectivity index (χ2n) is 1.88. The fraction of sp³-hybridized carbons (Fsp3) is 0.800. The smallest absolute Gasteiger partial charge is 0.0809 e. The van der Waals surface area contributed by atoms with Crippen LogP contribution in [0.5, 0.6) is 0 Å². The summed E-state index contributed by atoms with van der Waals surface area (Å²) in [7, 11) is 0. The van der Waals surface area contributed by atoms with Crippen LogP contribution in [-0.2, 0) is 0 Å². The Kier molecular flexibility index (Phi) is 1.11. The molecule has 0 saturated heterocycles. The summed E-state index contributed by atoms with van der Waals surface area (Å²) in [5, 5.41) is 8.87. The van der Waals surface area contributed by atoms with Crippen LogP contribution >= 0.6 is 0 Å². The highest BCUT2D eigenvalue weighted by molar-refractivity contribution is 5.60. The first-order valence-corrected chi connectivity index (χ1v) is 2.50. The number of hydrogen-bond donors (Lipinski definition) is 1. The number of nitrogens with zero attached hydrogens (tertiary/aromatic N) is 1. The van der Waals surface area contributed by atoms with E-state index in [9.17, 15) is 0 Å². The quantitative estimate of drug-likeness (QED) is 0.462. The zero-order chi connectivity index (χ0) is 5.28. The van der Waals surface area contributed by atoms with Crippen molar-refractivity contribution in [2.45, 2.75) is 25.5 Å². The normalized spacial score (nSPS) is 39.7. The van der Waals surface area contributed by atoms with Crippen LogP contribution in [0.3, 0.4) is 0 Å². The van der Waals surface area contributed by atoms with E-state index >= 15 is 0 Å². The molecule has 1 N–H and O–H groups in total. The molecule has 0 aromatic carbocycles. The average Bonchev–Trinajstić information content (AvgIpc) is 1.91. The molecule has 0 radical (unpaired) electrons. The highest BCUT2D eigenvalue weighted by Gasteiger charge is 2.14. The molecule has 1 aliphatic heterocycles. The van der Waals surface area contributed by atoms with E-state index in [2.05, 4.69) is 4.99 Å². The zero-order valence-corrected chi connectivity index (χ0v) is 4.33. The van der Waals surface area contributed by atoms with Crippen molar-refractivity contribution in [1.82, 2.24) is 0 Å². The maximum absolute atomic E-state index is 8.87. The summed E-state index contributed by atoms with van der Waals surface area (Å²) in [6.45, 7) is 1.91. The molecule has 0 bridgehead atoms. The molecule has 7 heavy (non-hydrogen) atoms. The molecule has 2 heteroatoms. The van der Waals surface area contributed by atoms with Crippen LogP contribution < -0.4 is 0 Å². The molecule has 2 unspecified atom stereocenters. The minimum atomic E-state index is -0.208. The lowest BCUT2D eigenvalue weighted by atomic mass is 10.2. The minimum absolute atomic E-state index is 0.139. The van der Waals surface area contributed by atoms with Crippen LogP contribution in [-0.4, -0.2) is 23.5 Å². The molecule has 0 fully saturated rings. The number of rotatable bonds is 0. The molecule has 2 atom stereocenters. The first kappa shape index (κ1) is 4.78. The Morgan fingerprint density at radius 1 is 1.86 bits per heavy atom. The van der Waals surface area contributed by atoms with Crippen LogP contribution in [0.2, 0.25) is 0 Å². The standard InChI is InChI=1S/C5H9NO/c1-4-5(7)2-3-6-4/h3-5,7H,2H2,1H3. The Hall–Kier alpha value is -0.370. The van der Waals surface area contributed by atoms with Crippen molar-refractivity contribution >= 4 is 6.21 Å². The van der Waals surface area contributed by atoms with Gasteiger partial charge in [0.05, 0.1) is 12.1 Å². The van der Waals surface area contributed by atoms with E-state index in [4.69, 9.17) is 5.11 Å². The molecule has 0 spiro atoms. The predicted molar refractivity (Wildman–Crippen MR) is 28.6 cm³/mol. The Morgan fingerprint density at radius 3 is 2.71 bits per heavy atom. The number of aliphatic imine (C=N–C) groups is 1. The SMILES string of the molecule is CC1N=CCC1O. The van der Waals surface area contributed by atoms with Gasteiger partial charge in [0.2, 0.25) is 0 Å². The van der Waals surface area contributed by atoms with Crippen molar-refractivity contribution < 1.29 is 5.11 Å². The lowest BCUT2D eigenvalue weighted by Gasteiger charge is -2.02. The van der Waals surface area contributed by atoms with E-state index in [1.807, 2.05) is 6.92 Å². The van der Waals surface area contributed by atoms with E-state index < -0.39 is 0 Å². The highest BCUT2D eigenvalue weighted by atomic mass is 16.3. The topological polar surface area (TPSA) is 32.6 Å². The largest absolute Gasteiger partial charge is 0.391 e. The van der Waals surface area contributed by atoms with Crippen LogP contribution in [0, 0.1) is 0 Å². The van der Waals surface area contributed by atoms with Crippen molar-refractivity contribution in [3.63, 3.8) is 0 Å². The summed E-state index contributed by atoms with van der Waals surface area (Å²) in [5.41, 5.74) is 0. The number of aliphatic hydroxyl groups excluding tert-OH is 1. The first-order chi connectivity index (χ1) is 3.30. The van der Waals surface area contributed by atoms with E-state index in [-0.39, 0.29) is 12.1 Å². The number of hydrogen-bond acceptors (Lipinski definition) is 2. The molecule has 40 valence electrons. The van der Waals surface area contributed by atoms with Crippen molar-refractivity contribution in [1.29, 1.82) is 0 Å². The van der Waals surface area contributed by atoms with Gasteiger partial charge in [-0.15, -0.1) is 0 Å². The molecular formula is C5H9NO. The Balaban J connectivity index is 2.45. The van der Waals surface area contributed by atoms with Crippen molar-refractivity contribution in [2.24, 2.45) is 4.99 Å². The molecule has 2 nitrogen and oxygen atoms in total. The molecule has 0 amide bonds. The van der Waals surface area contributed by atoms with Gasteiger partial charge >= 0.3 is 0 Å². The van der Waals surface area contributed by atoms with Gasteiger partial charge in [0, 0.05) is 12.6 Å². The first-order valence-electron chi connectivity index (χ1n) is 2.50. The third-order valence-electron chi connectivity index (χ3n) is 1.24. The third kappa shape index (κ3) is 0.800. The summed E-state index contributed by atoms with van der Waals surface area (Å²) < 4.78 is 0. The summed E-state index contributed by atoms with van der Waals surface area (Å²) in [5.74, 6) is 0. The minimum Gasteiger partial charge on any atom is -0.391 e. The lowest BCUT2D eigenvalue weighted by Crippen LogP contribution is -2.14. The van der Waals surface area contributed by atoms with E-state index in [0.29, 0.717) is 0 Å². The predicted octanol–water partition coefficient (Wildman–Crippen LogP) is 0.210. The van der Waals surface area contributed by atoms with E-state index in [1.165, 1.54) is 0 Å². The molecule has 1 rings (SSSR count). The molecule has 1 heterocycles. The van der Waals surface area contributed by atoms with Gasteiger partial charge in [-0.3, -0.25) is 4.99 Å². The molecule has 0 aliphatic carbocycles. The van der Waals surface area contributed by atoms with Gasteiger partial charge in [0.1, 0.15) is 0 Å². The van der Waals surface area contributed by atoms with Gasteiger partial charge in [-0.25, -0.2) is 0 Å². The van der Waals surface area contributed by atoms with Gasteiger partial charge in [-0.05, 0) is 6.92 Å². The van der Waals surface area contributed by atoms with E-state index in [1.54, 1.807) is 6.21 Å². The van der Waals surface area contributed by atoms with Crippen molar-refractivity contribution in [3.8, 4) is 0 Å². The van der Waals surface area contributed by atoms with Gasteiger partial charge < -0.3 is 5.11 Å². The monoisotopic (exact) mass is 99.1 g/mol. The molecule has 0 aromatic heterocycles. The van der Waals surface area contributed by atoms with Crippen LogP contribution in [0.1, 0.15) is 13.3 Å². The van der Waals surface area contributed by atoms with Gasteiger partial charge in [0.15, 0.2) is 0 Å². The Labute approximate surface area is 42.9 Å². The Morgan fingerprint density at radius 2 is 2.57 bits per heavy atom. The zero-order valence-electron chi connectivity index (χ0n) is 4.33. The molecule has 0 saturated carbocycles. The van der Waals surface area contributed by atoms with Gasteiger partial charge in [-0.1, -0.05) is 0 Å². The van der Waals surface area contributed by atoms with E-state index in [0.717, 1.165) is 6.42 Å². The fourth-order valence-corrected chi connectivity index (χ4v) is 0.631. The maximum atomic E-state index is 8.87. The molecule has 0 aromatic rings. The van der Waals surface area contributed by atoms with Gasteiger partial charge in [-0.2, -0.15) is 0 Å². The molecular weight excluding hydrogens is 90.1 g/mol. The highest BCUT2D eigenvalue weighted by Crippen LogP contribution is 2.06. The second kappa shape index (κ2) is 1.62. The summed E-state index contributed by atoms with van der Waals surface area (Å²) >= 11 is 0. The summed E-state index contributed by atoms with van der Waals surface area (Å²) in [6, 6.07) is 0.139. The van der Waals surface area contributed by atoms with Crippen molar-refractivity contribution in [3.05, 3.63) is 0 Å². The van der Waals surface area contributed by atoms with Crippen molar-refractivity contribution in [2.75, 3.05) is 0 Å². The van der Waals surface area contributed by atoms with Crippen LogP contribution in [0.4, 0.5) is 0 Å². The summed E-state index contributed by atoms with van der Waals surface area (Å²) in [4.78, 5) is 3.94. The van der Waals surface area contributed by atoms with Crippen LogP contribution in [0.25, 0.3) is 0 Å². The lowest BCUT2D eigenvalue weighted by molar-refractivity contribution is 0.170. The Bertz CT molecular complexity index is 90.1. The molecule has 1 aliphatic rings. The number of aliphatic hydroxyl groups is 1. The van der Waals surface area contributed by atoms with Gasteiger partial charge in [0.25, 0.3) is 0 Å². The summed E-state index contributed by atoms with van der Waals surface area (Å²) in [6.07, 6.45) is 2.30. The maximum Gasteiger partial charge on any atom is 0.0809 e. The fourth-order valence-electron chi connectivity index (χ4n) is 0.631. The third-order valence-corrected chi connectivity index (χ3v) is 1.24. The average molecular weight is 99.1 g/mol. The van der Waals surface area contributed by atoms with Crippen LogP contribution in [0.15, 0.2) is 4.99 Å². The second-order valence-corrected chi connectivity index (χ2v) is 1.88.